The monoisotopic (exact) mass is 300 g/mol. The number of halogens is 1. The van der Waals surface area contributed by atoms with E-state index in [1.807, 2.05) is 13.0 Å². The largest absolute Gasteiger partial charge is 0.399 e. The molecule has 1 aromatic carbocycles. The Balaban J connectivity index is 2.10. The lowest BCUT2D eigenvalue weighted by Crippen LogP contribution is -2.24. The van der Waals surface area contributed by atoms with Crippen molar-refractivity contribution in [2.45, 2.75) is 25.7 Å². The van der Waals surface area contributed by atoms with Gasteiger partial charge in [0.05, 0.1) is 17.1 Å². The number of nitrogens with two attached hydrogens (primary N) is 1. The van der Waals surface area contributed by atoms with Crippen molar-refractivity contribution >= 4 is 11.7 Å². The number of aromatic nitrogens is 2. The summed E-state index contributed by atoms with van der Waals surface area (Å²) in [4.78, 5) is 13.5. The van der Waals surface area contributed by atoms with Crippen LogP contribution in [0.3, 0.4) is 0 Å². The number of anilines is 1. The van der Waals surface area contributed by atoms with Crippen molar-refractivity contribution in [2.24, 2.45) is 5.16 Å². The Morgan fingerprint density at radius 3 is 2.77 bits per heavy atom. The first-order chi connectivity index (χ1) is 10.6. The quantitative estimate of drug-likeness (QED) is 0.865. The summed E-state index contributed by atoms with van der Waals surface area (Å²) in [6.07, 6.45) is 1.18. The third-order valence-corrected chi connectivity index (χ3v) is 3.90. The molecule has 0 bridgehead atoms. The molecule has 0 amide bonds. The number of nitrogen functional groups attached to an aromatic ring is 1. The Labute approximate surface area is 128 Å². The molecule has 114 valence electrons. The summed E-state index contributed by atoms with van der Waals surface area (Å²) in [6, 6.07) is 6.79. The van der Waals surface area contributed by atoms with Crippen LogP contribution < -0.4 is 5.73 Å². The van der Waals surface area contributed by atoms with Crippen molar-refractivity contribution in [3.8, 4) is 0 Å². The summed E-state index contributed by atoms with van der Waals surface area (Å²) < 4.78 is 14.1. The molecule has 22 heavy (non-hydrogen) atoms. The molecule has 6 heteroatoms. The highest BCUT2D eigenvalue weighted by atomic mass is 19.1. The van der Waals surface area contributed by atoms with Crippen LogP contribution >= 0.6 is 0 Å². The Morgan fingerprint density at radius 2 is 2.05 bits per heavy atom. The minimum Gasteiger partial charge on any atom is -0.399 e. The lowest BCUT2D eigenvalue weighted by Gasteiger charge is -2.26. The maximum atomic E-state index is 14.1. The van der Waals surface area contributed by atoms with Crippen LogP contribution in [0.4, 0.5) is 10.3 Å². The molecule has 5 nitrogen and oxygen atoms in total. The molecule has 1 heterocycles. The fraction of sp³-hybridized carbons (Fsp3) is 0.312. The van der Waals surface area contributed by atoms with Crippen molar-refractivity contribution in [3.05, 3.63) is 52.6 Å². The van der Waals surface area contributed by atoms with E-state index in [-0.39, 0.29) is 17.7 Å². The van der Waals surface area contributed by atoms with Crippen LogP contribution in [0.5, 0.6) is 0 Å². The first kappa shape index (κ1) is 14.4. The Bertz CT molecular complexity index is 745. The van der Waals surface area contributed by atoms with Crippen LogP contribution in [0.25, 0.3) is 0 Å². The molecule has 0 saturated carbocycles. The lowest BCUT2D eigenvalue weighted by molar-refractivity contribution is 0.212. The smallest absolute Gasteiger partial charge is 0.220 e. The van der Waals surface area contributed by atoms with Gasteiger partial charge in [-0.2, -0.15) is 0 Å². The Kier molecular flexibility index (Phi) is 3.75. The standard InChI is InChI=1S/C16H17FN4O/c1-9-15-13(20-16(18)19-9)7-10(8-14(15)21-22-2)11-5-3-4-6-12(11)17/h3-6,10H,7-8H2,1-2H3,(H2,18,19,20). The van der Waals surface area contributed by atoms with Gasteiger partial charge in [0.1, 0.15) is 12.9 Å². The predicted octanol–water partition coefficient (Wildman–Crippen LogP) is 2.59. The number of hydrogen-bond donors (Lipinski definition) is 1. The van der Waals surface area contributed by atoms with Crippen molar-refractivity contribution in [1.82, 2.24) is 9.97 Å². The third-order valence-electron chi connectivity index (χ3n) is 3.90. The minimum absolute atomic E-state index is 0.0451. The van der Waals surface area contributed by atoms with Crippen LogP contribution in [0.15, 0.2) is 29.4 Å². The zero-order valence-electron chi connectivity index (χ0n) is 12.5. The topological polar surface area (TPSA) is 73.4 Å². The summed E-state index contributed by atoms with van der Waals surface area (Å²) in [7, 11) is 1.49. The molecule has 0 aliphatic heterocycles. The van der Waals surface area contributed by atoms with Crippen molar-refractivity contribution in [3.63, 3.8) is 0 Å². The van der Waals surface area contributed by atoms with Crippen molar-refractivity contribution in [1.29, 1.82) is 0 Å². The van der Waals surface area contributed by atoms with E-state index < -0.39 is 0 Å². The molecule has 1 unspecified atom stereocenters. The van der Waals surface area contributed by atoms with Crippen LogP contribution in [-0.2, 0) is 11.3 Å². The van der Waals surface area contributed by atoms with Crippen LogP contribution in [0.1, 0.15) is 34.9 Å². The number of nitrogens with zero attached hydrogens (tertiary/aromatic N) is 3. The zero-order valence-corrected chi connectivity index (χ0v) is 12.5. The number of benzene rings is 1. The number of fused-ring (bicyclic) bond motifs is 1. The van der Waals surface area contributed by atoms with Crippen molar-refractivity contribution in [2.75, 3.05) is 12.8 Å². The molecule has 1 aromatic heterocycles. The van der Waals surface area contributed by atoms with Gasteiger partial charge in [-0.3, -0.25) is 0 Å². The van der Waals surface area contributed by atoms with Gasteiger partial charge in [-0.1, -0.05) is 23.4 Å². The van der Waals surface area contributed by atoms with Gasteiger partial charge >= 0.3 is 0 Å². The molecular weight excluding hydrogens is 283 g/mol. The fourth-order valence-electron chi connectivity index (χ4n) is 3.04. The Hall–Kier alpha value is -2.50. The van der Waals surface area contributed by atoms with Gasteiger partial charge in [-0.05, 0) is 30.9 Å². The highest BCUT2D eigenvalue weighted by Gasteiger charge is 2.30. The van der Waals surface area contributed by atoms with E-state index >= 15 is 0 Å². The minimum atomic E-state index is -0.216. The SMILES string of the molecule is CON=C1CC(c2ccccc2F)Cc2nc(N)nc(C)c21. The molecule has 1 aliphatic rings. The second-order valence-electron chi connectivity index (χ2n) is 5.34. The van der Waals surface area contributed by atoms with E-state index in [1.54, 1.807) is 12.1 Å². The summed E-state index contributed by atoms with van der Waals surface area (Å²) >= 11 is 0. The first-order valence-electron chi connectivity index (χ1n) is 7.08. The van der Waals surface area contributed by atoms with Gasteiger partial charge < -0.3 is 10.6 Å². The number of hydrogen-bond acceptors (Lipinski definition) is 5. The first-order valence-corrected chi connectivity index (χ1v) is 7.08. The van der Waals surface area contributed by atoms with Crippen molar-refractivity contribution < 1.29 is 9.23 Å². The van der Waals surface area contributed by atoms with Gasteiger partial charge in [0.2, 0.25) is 5.95 Å². The second-order valence-corrected chi connectivity index (χ2v) is 5.34. The van der Waals surface area contributed by atoms with E-state index in [2.05, 4.69) is 15.1 Å². The lowest BCUT2D eigenvalue weighted by atomic mass is 9.80. The predicted molar refractivity (Wildman–Crippen MR) is 82.2 cm³/mol. The number of oxime groups is 1. The highest BCUT2D eigenvalue weighted by molar-refractivity contribution is 6.03. The maximum Gasteiger partial charge on any atom is 0.220 e. The fourth-order valence-corrected chi connectivity index (χ4v) is 3.04. The molecule has 1 aliphatic carbocycles. The maximum absolute atomic E-state index is 14.1. The van der Waals surface area contributed by atoms with Gasteiger partial charge in [0.15, 0.2) is 0 Å². The van der Waals surface area contributed by atoms with E-state index in [4.69, 9.17) is 10.6 Å². The molecule has 0 spiro atoms. The van der Waals surface area contributed by atoms with E-state index in [1.165, 1.54) is 13.2 Å². The summed E-state index contributed by atoms with van der Waals surface area (Å²) in [5, 5.41) is 4.09. The van der Waals surface area contributed by atoms with E-state index in [0.717, 1.165) is 22.7 Å². The van der Waals surface area contributed by atoms with Crippen LogP contribution in [0, 0.1) is 12.7 Å². The molecule has 0 radical (unpaired) electrons. The summed E-state index contributed by atoms with van der Waals surface area (Å²) in [5.41, 5.74) is 9.56. The average molecular weight is 300 g/mol. The molecule has 2 N–H and O–H groups in total. The van der Waals surface area contributed by atoms with Gasteiger partial charge in [-0.25, -0.2) is 14.4 Å². The normalized spacial score (nSPS) is 19.0. The van der Waals surface area contributed by atoms with E-state index in [0.29, 0.717) is 18.4 Å². The molecule has 1 atom stereocenters. The number of aryl methyl sites for hydroxylation is 1. The van der Waals surface area contributed by atoms with Gasteiger partial charge in [0, 0.05) is 12.0 Å². The highest BCUT2D eigenvalue weighted by Crippen LogP contribution is 2.34. The van der Waals surface area contributed by atoms with Crippen LogP contribution in [-0.4, -0.2) is 22.8 Å². The molecule has 0 fully saturated rings. The Morgan fingerprint density at radius 1 is 1.27 bits per heavy atom. The molecule has 0 saturated heterocycles. The van der Waals surface area contributed by atoms with Gasteiger partial charge in [-0.15, -0.1) is 0 Å². The molecule has 2 aromatic rings. The summed E-state index contributed by atoms with van der Waals surface area (Å²) in [6.45, 7) is 1.87. The molecule has 3 rings (SSSR count). The third kappa shape index (κ3) is 2.52. The zero-order chi connectivity index (χ0) is 15.7. The molecular formula is C16H17FN4O. The van der Waals surface area contributed by atoms with Crippen LogP contribution in [0.2, 0.25) is 0 Å². The number of rotatable bonds is 2. The second kappa shape index (κ2) is 5.71. The van der Waals surface area contributed by atoms with E-state index in [9.17, 15) is 4.39 Å². The van der Waals surface area contributed by atoms with Gasteiger partial charge in [0.25, 0.3) is 0 Å². The average Bonchev–Trinajstić information content (AvgIpc) is 2.47. The summed E-state index contributed by atoms with van der Waals surface area (Å²) in [5.74, 6) is -0.0371.